The van der Waals surface area contributed by atoms with Crippen LogP contribution in [0.2, 0.25) is 0 Å². The van der Waals surface area contributed by atoms with Gasteiger partial charge in [0.1, 0.15) is 54.7 Å². The van der Waals surface area contributed by atoms with Crippen LogP contribution in [0.15, 0.2) is 333 Å². The van der Waals surface area contributed by atoms with Crippen molar-refractivity contribution < 1.29 is 17.7 Å². The summed E-state index contributed by atoms with van der Waals surface area (Å²) in [4.78, 5) is 40.2. The fraction of sp³-hybridized carbons (Fsp3) is 0. The monoisotopic (exact) mass is 1400 g/mol. The van der Waals surface area contributed by atoms with Gasteiger partial charge in [-0.15, -0.1) is 22.7 Å². The van der Waals surface area contributed by atoms with Crippen LogP contribution in [0, 0.1) is 0 Å². The molecule has 0 saturated heterocycles. The van der Waals surface area contributed by atoms with Gasteiger partial charge in [0.15, 0.2) is 34.9 Å². The van der Waals surface area contributed by atoms with Gasteiger partial charge in [0, 0.05) is 82.0 Å². The number of nitrogens with zero attached hydrogens (tertiary/aromatic N) is 8. The molecule has 106 heavy (non-hydrogen) atoms. The molecule has 22 aromatic rings. The fourth-order valence-electron chi connectivity index (χ4n) is 14.5. The molecule has 0 bridgehead atoms. The zero-order valence-corrected chi connectivity index (χ0v) is 57.7. The predicted octanol–water partition coefficient (Wildman–Crippen LogP) is 25.2. The summed E-state index contributed by atoms with van der Waals surface area (Å²) >= 11 is 3.42. The van der Waals surface area contributed by atoms with Crippen LogP contribution in [-0.4, -0.2) is 39.9 Å². The molecule has 8 aromatic heterocycles. The lowest BCUT2D eigenvalue weighted by Crippen LogP contribution is -2.00. The maximum atomic E-state index is 6.56. The number of hydrogen-bond acceptors (Lipinski definition) is 14. The molecule has 12 nitrogen and oxygen atoms in total. The number of furan rings is 4. The number of hydrogen-bond donors (Lipinski definition) is 0. The minimum atomic E-state index is 0.540. The molecule has 0 spiro atoms. The third kappa shape index (κ3) is 10.6. The highest BCUT2D eigenvalue weighted by atomic mass is 32.1. The van der Waals surface area contributed by atoms with E-state index >= 15 is 0 Å². The molecule has 496 valence electrons. The Labute approximate surface area is 611 Å². The van der Waals surface area contributed by atoms with Crippen LogP contribution in [0.4, 0.5) is 0 Å². The third-order valence-corrected chi connectivity index (χ3v) is 21.7. The van der Waals surface area contributed by atoms with Gasteiger partial charge in [-0.05, 0) is 125 Å². The van der Waals surface area contributed by atoms with Gasteiger partial charge in [-0.25, -0.2) is 39.9 Å². The van der Waals surface area contributed by atoms with Crippen molar-refractivity contribution in [2.75, 3.05) is 0 Å². The van der Waals surface area contributed by atoms with Crippen LogP contribution in [0.5, 0.6) is 0 Å². The first-order valence-electron chi connectivity index (χ1n) is 34.7. The molecule has 14 aromatic carbocycles. The number of aromatic nitrogens is 8. The number of rotatable bonds is 10. The smallest absolute Gasteiger partial charge is 0.167 e. The summed E-state index contributed by atoms with van der Waals surface area (Å²) in [6, 6.07) is 107. The van der Waals surface area contributed by atoms with Crippen LogP contribution in [0.25, 0.3) is 220 Å². The van der Waals surface area contributed by atoms with Gasteiger partial charge < -0.3 is 17.7 Å². The quantitative estimate of drug-likeness (QED) is 0.128. The molecule has 8 heterocycles. The van der Waals surface area contributed by atoms with Crippen LogP contribution in [0.3, 0.4) is 0 Å². The maximum absolute atomic E-state index is 6.56. The van der Waals surface area contributed by atoms with Gasteiger partial charge in [-0.1, -0.05) is 212 Å². The molecule has 0 aliphatic heterocycles. The SMILES string of the molecule is c1ccc(-c2nc(-c3ccc4c(c3)oc3ccccc34)nc(-c3cccc4oc5cc(-c6cccc(-c7nc8ccccc8s7)c6)ccc5c34)n2)cc1.c1ccc(-c2nc(-c3cccc4c3oc3ccccc34)nc(-c3cccc4oc5cc(-c6cccc(-c7nc8ccccc8s7)c6)ccc5c34)n2)cc1. The summed E-state index contributed by atoms with van der Waals surface area (Å²) in [6.45, 7) is 0. The number of thiazole rings is 2. The van der Waals surface area contributed by atoms with E-state index in [4.69, 9.17) is 57.5 Å². The minimum absolute atomic E-state index is 0.540. The Bertz CT molecular complexity index is 7190. The Kier molecular flexibility index (Phi) is 14.3. The first kappa shape index (κ1) is 60.8. The highest BCUT2D eigenvalue weighted by Crippen LogP contribution is 2.44. The van der Waals surface area contributed by atoms with Crippen molar-refractivity contribution in [1.82, 2.24) is 39.9 Å². The van der Waals surface area contributed by atoms with E-state index < -0.39 is 0 Å². The molecule has 22 rings (SSSR count). The van der Waals surface area contributed by atoms with E-state index in [1.165, 1.54) is 9.40 Å². The standard InChI is InChI=1S/2C46H26N4O2S/c1-2-11-27(12-3-1)43-48-44(50-45(49-43)35-18-9-16-32-31-15-4-6-20-37(31)52-42(32)35)34-17-10-21-38-41(34)33-24-23-29(26-39(33)51-38)28-13-8-14-30(25-28)46-47-36-19-5-7-22-40(36)53-46;1-2-10-27(11-3-1)43-48-44(30-21-22-33-32-14-4-6-17-37(32)51-39(33)26-30)50-45(49-43)35-15-9-18-38-42(35)34-23-20-29(25-40(34)52-38)28-12-8-13-31(24-28)46-47-36-16-5-7-19-41(36)53-46/h2*1-26H. The van der Waals surface area contributed by atoms with Crippen molar-refractivity contribution >= 4 is 131 Å². The van der Waals surface area contributed by atoms with Crippen molar-refractivity contribution in [3.05, 3.63) is 315 Å². The first-order valence-corrected chi connectivity index (χ1v) is 36.4. The lowest BCUT2D eigenvalue weighted by molar-refractivity contribution is 0.668. The fourth-order valence-corrected chi connectivity index (χ4v) is 16.4. The van der Waals surface area contributed by atoms with Crippen LogP contribution >= 0.6 is 22.7 Å². The largest absolute Gasteiger partial charge is 0.456 e. The highest BCUT2D eigenvalue weighted by molar-refractivity contribution is 7.22. The first-order chi connectivity index (χ1) is 52.4. The summed E-state index contributed by atoms with van der Waals surface area (Å²) in [7, 11) is 0. The van der Waals surface area contributed by atoms with Crippen molar-refractivity contribution in [1.29, 1.82) is 0 Å². The Morgan fingerprint density at radius 1 is 0.198 bits per heavy atom. The molecule has 0 aliphatic rings. The summed E-state index contributed by atoms with van der Waals surface area (Å²) in [6.07, 6.45) is 0. The molecule has 14 heteroatoms. The van der Waals surface area contributed by atoms with Crippen molar-refractivity contribution in [2.24, 2.45) is 0 Å². The molecular weight excluding hydrogens is 1350 g/mol. The molecule has 0 radical (unpaired) electrons. The van der Waals surface area contributed by atoms with Crippen LogP contribution in [-0.2, 0) is 0 Å². The molecule has 0 atom stereocenters. The topological polar surface area (TPSA) is 156 Å². The number of benzene rings is 14. The van der Waals surface area contributed by atoms with E-state index in [9.17, 15) is 0 Å². The number of fused-ring (bicyclic) bond motifs is 14. The van der Waals surface area contributed by atoms with Gasteiger partial charge >= 0.3 is 0 Å². The average Bonchev–Trinajstić information content (AvgIpc) is 1.56. The maximum Gasteiger partial charge on any atom is 0.167 e. The molecule has 0 aliphatic carbocycles. The zero-order valence-electron chi connectivity index (χ0n) is 56.0. The van der Waals surface area contributed by atoms with Gasteiger partial charge in [0.2, 0.25) is 0 Å². The Balaban J connectivity index is 0.000000136. The Hall–Kier alpha value is -13.9. The van der Waals surface area contributed by atoms with E-state index in [-0.39, 0.29) is 0 Å². The van der Waals surface area contributed by atoms with Crippen LogP contribution < -0.4 is 0 Å². The third-order valence-electron chi connectivity index (χ3n) is 19.6. The van der Waals surface area contributed by atoms with Crippen LogP contribution in [0.1, 0.15) is 0 Å². The average molecular weight is 1400 g/mol. The van der Waals surface area contributed by atoms with Gasteiger partial charge in [-0.3, -0.25) is 0 Å². The van der Waals surface area contributed by atoms with E-state index in [1.807, 2.05) is 152 Å². The van der Waals surface area contributed by atoms with Gasteiger partial charge in [0.05, 0.1) is 26.0 Å². The second-order valence-corrected chi connectivity index (χ2v) is 28.1. The van der Waals surface area contributed by atoms with E-state index in [1.54, 1.807) is 22.7 Å². The summed E-state index contributed by atoms with van der Waals surface area (Å²) < 4.78 is 28.1. The van der Waals surface area contributed by atoms with Crippen molar-refractivity contribution in [2.45, 2.75) is 0 Å². The molecular formula is C92H52N8O4S2. The Morgan fingerprint density at radius 3 is 1.11 bits per heavy atom. The summed E-state index contributed by atoms with van der Waals surface area (Å²) in [5.74, 6) is 3.41. The zero-order chi connectivity index (χ0) is 69.8. The van der Waals surface area contributed by atoms with E-state index in [2.05, 4.69) is 164 Å². The van der Waals surface area contributed by atoms with E-state index in [0.29, 0.717) is 34.9 Å². The minimum Gasteiger partial charge on any atom is -0.456 e. The second kappa shape index (κ2) is 25.0. The normalized spacial score (nSPS) is 11.8. The Morgan fingerprint density at radius 2 is 0.547 bits per heavy atom. The molecule has 0 amide bonds. The molecule has 0 saturated carbocycles. The molecule has 0 N–H and O–H groups in total. The second-order valence-electron chi connectivity index (χ2n) is 26.1. The van der Waals surface area contributed by atoms with Gasteiger partial charge in [0.25, 0.3) is 0 Å². The molecule has 0 unspecified atom stereocenters. The van der Waals surface area contributed by atoms with Crippen molar-refractivity contribution in [3.63, 3.8) is 0 Å². The summed E-state index contributed by atoms with van der Waals surface area (Å²) in [5, 5.41) is 10.1. The predicted molar refractivity (Wildman–Crippen MR) is 429 cm³/mol. The van der Waals surface area contributed by atoms with Crippen molar-refractivity contribution in [3.8, 4) is 112 Å². The number of para-hydroxylation sites is 5. The van der Waals surface area contributed by atoms with Gasteiger partial charge in [-0.2, -0.15) is 0 Å². The van der Waals surface area contributed by atoms with E-state index in [0.717, 1.165) is 176 Å². The molecule has 0 fully saturated rings. The highest BCUT2D eigenvalue weighted by Gasteiger charge is 2.24. The lowest BCUT2D eigenvalue weighted by atomic mass is 10.00. The summed E-state index contributed by atoms with van der Waals surface area (Å²) in [5.41, 5.74) is 20.1. The lowest BCUT2D eigenvalue weighted by Gasteiger charge is -2.09.